The van der Waals surface area contributed by atoms with Gasteiger partial charge in [-0.1, -0.05) is 6.07 Å². The van der Waals surface area contributed by atoms with Crippen molar-refractivity contribution in [2.75, 3.05) is 18.1 Å². The van der Waals surface area contributed by atoms with Gasteiger partial charge in [0.25, 0.3) is 5.91 Å². The normalized spacial score (nSPS) is 14.2. The summed E-state index contributed by atoms with van der Waals surface area (Å²) in [6.45, 7) is -0.187. The summed E-state index contributed by atoms with van der Waals surface area (Å²) in [5, 5.41) is 8.78. The van der Waals surface area contributed by atoms with Gasteiger partial charge >= 0.3 is 5.97 Å². The van der Waals surface area contributed by atoms with Crippen LogP contribution in [0.2, 0.25) is 0 Å². The molecule has 0 aromatic heterocycles. The Bertz CT molecular complexity index is 473. The van der Waals surface area contributed by atoms with Gasteiger partial charge in [0.05, 0.1) is 5.69 Å². The average molecular weight is 236 g/mol. The predicted octanol–water partition coefficient (Wildman–Crippen LogP) is -0.0447. The first kappa shape index (κ1) is 11.4. The number of benzene rings is 1. The molecule has 3 N–H and O–H groups in total. The first-order valence-corrected chi connectivity index (χ1v) is 5.10. The molecule has 0 saturated carbocycles. The maximum atomic E-state index is 11.6. The summed E-state index contributed by atoms with van der Waals surface area (Å²) in [5.41, 5.74) is 6.79. The second-order valence-electron chi connectivity index (χ2n) is 3.67. The molecule has 17 heavy (non-hydrogen) atoms. The van der Waals surface area contributed by atoms with Crippen LogP contribution < -0.4 is 15.4 Å². The molecule has 1 aliphatic heterocycles. The molecule has 0 atom stereocenters. The van der Waals surface area contributed by atoms with E-state index in [1.807, 2.05) is 0 Å². The lowest BCUT2D eigenvalue weighted by molar-refractivity contribution is -0.137. The van der Waals surface area contributed by atoms with Crippen LogP contribution in [0.25, 0.3) is 0 Å². The number of nitrogens with two attached hydrogens (primary N) is 1. The topological polar surface area (TPSA) is 92.9 Å². The van der Waals surface area contributed by atoms with Crippen molar-refractivity contribution in [2.45, 2.75) is 6.54 Å². The Morgan fingerprint density at radius 1 is 1.53 bits per heavy atom. The number of ether oxygens (including phenoxy) is 1. The van der Waals surface area contributed by atoms with Crippen molar-refractivity contribution in [2.24, 2.45) is 5.73 Å². The van der Waals surface area contributed by atoms with E-state index in [-0.39, 0.29) is 19.1 Å². The van der Waals surface area contributed by atoms with E-state index < -0.39 is 5.97 Å². The Balaban J connectivity index is 2.41. The maximum Gasteiger partial charge on any atom is 0.323 e. The van der Waals surface area contributed by atoms with Crippen LogP contribution in [-0.2, 0) is 16.1 Å². The summed E-state index contributed by atoms with van der Waals surface area (Å²) in [6.07, 6.45) is 0. The van der Waals surface area contributed by atoms with Crippen LogP contribution in [0.3, 0.4) is 0 Å². The summed E-state index contributed by atoms with van der Waals surface area (Å²) in [7, 11) is 0. The van der Waals surface area contributed by atoms with Gasteiger partial charge in [0.2, 0.25) is 0 Å². The lowest BCUT2D eigenvalue weighted by Gasteiger charge is -2.28. The summed E-state index contributed by atoms with van der Waals surface area (Å²) < 4.78 is 5.22. The number of carbonyl (C=O) groups excluding carboxylic acids is 1. The number of anilines is 1. The molecule has 1 aliphatic rings. The summed E-state index contributed by atoms with van der Waals surface area (Å²) in [4.78, 5) is 23.5. The Kier molecular flexibility index (Phi) is 2.97. The van der Waals surface area contributed by atoms with Crippen molar-refractivity contribution in [3.8, 4) is 5.75 Å². The number of carbonyl (C=O) groups is 2. The van der Waals surface area contributed by atoms with E-state index in [4.69, 9.17) is 15.6 Å². The molecule has 0 bridgehead atoms. The van der Waals surface area contributed by atoms with Crippen molar-refractivity contribution in [3.63, 3.8) is 0 Å². The number of amides is 1. The number of hydrogen-bond donors (Lipinski definition) is 2. The Labute approximate surface area is 97.6 Å². The highest BCUT2D eigenvalue weighted by molar-refractivity contribution is 6.01. The van der Waals surface area contributed by atoms with Crippen LogP contribution in [0.15, 0.2) is 18.2 Å². The highest BCUT2D eigenvalue weighted by atomic mass is 16.5. The van der Waals surface area contributed by atoms with Gasteiger partial charge in [-0.05, 0) is 17.7 Å². The maximum absolute atomic E-state index is 11.6. The molecule has 6 nitrogen and oxygen atoms in total. The Morgan fingerprint density at radius 3 is 2.94 bits per heavy atom. The third-order valence-corrected chi connectivity index (χ3v) is 2.50. The van der Waals surface area contributed by atoms with Crippen molar-refractivity contribution in [3.05, 3.63) is 23.8 Å². The number of carboxylic acids is 1. The molecule has 6 heteroatoms. The smallest absolute Gasteiger partial charge is 0.323 e. The monoisotopic (exact) mass is 236 g/mol. The molecule has 0 radical (unpaired) electrons. The third-order valence-electron chi connectivity index (χ3n) is 2.50. The Hall–Kier alpha value is -2.08. The zero-order valence-electron chi connectivity index (χ0n) is 9.05. The van der Waals surface area contributed by atoms with Crippen LogP contribution in [0.5, 0.6) is 5.75 Å². The van der Waals surface area contributed by atoms with Crippen LogP contribution in [0.1, 0.15) is 5.56 Å². The van der Waals surface area contributed by atoms with Crippen LogP contribution >= 0.6 is 0 Å². The van der Waals surface area contributed by atoms with Gasteiger partial charge in [-0.15, -0.1) is 0 Å². The van der Waals surface area contributed by atoms with Gasteiger partial charge < -0.3 is 15.6 Å². The molecule has 90 valence electrons. The number of fused-ring (bicyclic) bond motifs is 1. The Morgan fingerprint density at radius 2 is 2.29 bits per heavy atom. The van der Waals surface area contributed by atoms with Crippen molar-refractivity contribution in [1.29, 1.82) is 0 Å². The lowest BCUT2D eigenvalue weighted by Crippen LogP contribution is -2.42. The first-order chi connectivity index (χ1) is 8.11. The van der Waals surface area contributed by atoms with E-state index in [1.54, 1.807) is 18.2 Å². The summed E-state index contributed by atoms with van der Waals surface area (Å²) in [5.74, 6) is -0.929. The highest BCUT2D eigenvalue weighted by Crippen LogP contribution is 2.32. The largest absolute Gasteiger partial charge is 0.482 e. The number of aliphatic carboxylic acids is 1. The van der Waals surface area contributed by atoms with E-state index in [0.717, 1.165) is 5.56 Å². The zero-order chi connectivity index (χ0) is 12.4. The number of nitrogens with zero attached hydrogens (tertiary/aromatic N) is 1. The number of carboxylic acid groups (broad SMARTS) is 1. The molecule has 1 aromatic carbocycles. The van der Waals surface area contributed by atoms with E-state index in [1.165, 1.54) is 4.90 Å². The molecule has 0 saturated heterocycles. The minimum absolute atomic E-state index is 0.137. The molecule has 0 unspecified atom stereocenters. The fourth-order valence-corrected chi connectivity index (χ4v) is 1.68. The fourth-order valence-electron chi connectivity index (χ4n) is 1.68. The number of rotatable bonds is 3. The molecule has 1 amide bonds. The van der Waals surface area contributed by atoms with Crippen molar-refractivity contribution >= 4 is 17.6 Å². The summed E-state index contributed by atoms with van der Waals surface area (Å²) in [6, 6.07) is 5.15. The van der Waals surface area contributed by atoms with Gasteiger partial charge in [0, 0.05) is 6.54 Å². The van der Waals surface area contributed by atoms with Gasteiger partial charge in [-0.25, -0.2) is 0 Å². The van der Waals surface area contributed by atoms with E-state index in [9.17, 15) is 9.59 Å². The summed E-state index contributed by atoms with van der Waals surface area (Å²) >= 11 is 0. The minimum Gasteiger partial charge on any atom is -0.482 e. The van der Waals surface area contributed by atoms with Crippen molar-refractivity contribution < 1.29 is 19.4 Å². The third kappa shape index (κ3) is 2.21. The van der Waals surface area contributed by atoms with Crippen molar-refractivity contribution in [1.82, 2.24) is 0 Å². The lowest BCUT2D eigenvalue weighted by atomic mass is 10.1. The van der Waals surface area contributed by atoms with Gasteiger partial charge in [0.15, 0.2) is 6.61 Å². The van der Waals surface area contributed by atoms with Gasteiger partial charge in [-0.3, -0.25) is 14.5 Å². The SMILES string of the molecule is NCc1ccc2c(c1)N(CC(=O)O)C(=O)CO2. The molecule has 1 aromatic rings. The molecule has 0 spiro atoms. The molecular weight excluding hydrogens is 224 g/mol. The molecule has 0 fully saturated rings. The van der Waals surface area contributed by atoms with Crippen LogP contribution in [0, 0.1) is 0 Å². The average Bonchev–Trinajstić information content (AvgIpc) is 2.32. The highest BCUT2D eigenvalue weighted by Gasteiger charge is 2.27. The zero-order valence-corrected chi connectivity index (χ0v) is 9.05. The predicted molar refractivity (Wildman–Crippen MR) is 59.8 cm³/mol. The second kappa shape index (κ2) is 4.42. The standard InChI is InChI=1S/C11H12N2O4/c12-4-7-1-2-9-8(3-7)13(5-11(15)16)10(14)6-17-9/h1-3H,4-6,12H2,(H,15,16). The van der Waals surface area contributed by atoms with Crippen LogP contribution in [0.4, 0.5) is 5.69 Å². The quantitative estimate of drug-likeness (QED) is 0.767. The first-order valence-electron chi connectivity index (χ1n) is 5.10. The van der Waals surface area contributed by atoms with Gasteiger partial charge in [0.1, 0.15) is 12.3 Å². The number of hydrogen-bond acceptors (Lipinski definition) is 4. The minimum atomic E-state index is -1.07. The van der Waals surface area contributed by atoms with Crippen LogP contribution in [-0.4, -0.2) is 30.1 Å². The molecule has 0 aliphatic carbocycles. The van der Waals surface area contributed by atoms with E-state index >= 15 is 0 Å². The van der Waals surface area contributed by atoms with E-state index in [2.05, 4.69) is 0 Å². The van der Waals surface area contributed by atoms with E-state index in [0.29, 0.717) is 18.0 Å². The fraction of sp³-hybridized carbons (Fsp3) is 0.273. The molecule has 2 rings (SSSR count). The molecular formula is C11H12N2O4. The van der Waals surface area contributed by atoms with Gasteiger partial charge in [-0.2, -0.15) is 0 Å². The molecule has 1 heterocycles. The second-order valence-corrected chi connectivity index (χ2v) is 3.67.